The fraction of sp³-hybridized carbons (Fsp3) is 0.286. The number of hydrogen-bond donors (Lipinski definition) is 0. The maximum atomic E-state index is 11.9. The number of rotatable bonds is 4. The second kappa shape index (κ2) is 6.82. The Bertz CT molecular complexity index is 538. The van der Waals surface area contributed by atoms with Crippen LogP contribution in [-0.2, 0) is 4.79 Å². The van der Waals surface area contributed by atoms with Crippen LogP contribution < -0.4 is 4.74 Å². The van der Waals surface area contributed by atoms with Crippen molar-refractivity contribution in [2.24, 2.45) is 4.99 Å². The Labute approximate surface area is 121 Å². The zero-order chi connectivity index (χ0) is 13.7. The summed E-state index contributed by atoms with van der Waals surface area (Å²) in [6.07, 6.45) is 1.80. The molecule has 0 radical (unpaired) electrons. The second-order valence-electron chi connectivity index (χ2n) is 3.70. The molecule has 3 nitrogen and oxygen atoms in total. The van der Waals surface area contributed by atoms with E-state index in [4.69, 9.17) is 4.74 Å². The van der Waals surface area contributed by atoms with Crippen molar-refractivity contribution in [1.82, 2.24) is 0 Å². The highest BCUT2D eigenvalue weighted by molar-refractivity contribution is 8.45. The zero-order valence-electron chi connectivity index (χ0n) is 10.9. The van der Waals surface area contributed by atoms with Gasteiger partial charge in [0.15, 0.2) is 0 Å². The molecule has 0 amide bonds. The van der Waals surface area contributed by atoms with Crippen molar-refractivity contribution in [1.29, 1.82) is 0 Å². The van der Waals surface area contributed by atoms with Crippen molar-refractivity contribution in [2.75, 3.05) is 12.4 Å². The normalized spacial score (nSPS) is 16.8. The van der Waals surface area contributed by atoms with Crippen LogP contribution in [0.1, 0.15) is 19.4 Å². The van der Waals surface area contributed by atoms with Crippen molar-refractivity contribution in [3.63, 3.8) is 0 Å². The van der Waals surface area contributed by atoms with Gasteiger partial charge < -0.3 is 4.74 Å². The number of nitrogens with zero attached hydrogens (tertiary/aromatic N) is 1. The highest BCUT2D eigenvalue weighted by Crippen LogP contribution is 2.32. The SMILES string of the molecule is CCOc1ccccc1C=C1N=C(SCC)SC1=O. The molecule has 0 aromatic heterocycles. The average Bonchev–Trinajstić information content (AvgIpc) is 2.73. The van der Waals surface area contributed by atoms with Gasteiger partial charge in [0.25, 0.3) is 0 Å². The molecular weight excluding hydrogens is 278 g/mol. The molecule has 0 bridgehead atoms. The van der Waals surface area contributed by atoms with Crippen LogP contribution in [0.2, 0.25) is 0 Å². The van der Waals surface area contributed by atoms with E-state index in [1.165, 1.54) is 11.8 Å². The lowest BCUT2D eigenvalue weighted by Gasteiger charge is -2.06. The van der Waals surface area contributed by atoms with Crippen LogP contribution in [0.15, 0.2) is 35.0 Å². The van der Waals surface area contributed by atoms with E-state index in [0.717, 1.165) is 21.4 Å². The van der Waals surface area contributed by atoms with Gasteiger partial charge in [0.2, 0.25) is 5.12 Å². The first-order chi connectivity index (χ1) is 9.24. The van der Waals surface area contributed by atoms with Gasteiger partial charge in [0.05, 0.1) is 6.61 Å². The number of carbonyl (C=O) groups is 1. The first kappa shape index (κ1) is 14.2. The molecule has 0 N–H and O–H groups in total. The number of thioether (sulfide) groups is 2. The molecule has 0 unspecified atom stereocenters. The third-order valence-electron chi connectivity index (χ3n) is 2.38. The third kappa shape index (κ3) is 3.64. The minimum atomic E-state index is 0.00208. The molecular formula is C14H15NO2S2. The van der Waals surface area contributed by atoms with Crippen LogP contribution in [0.25, 0.3) is 6.08 Å². The third-order valence-corrected chi connectivity index (χ3v) is 4.27. The van der Waals surface area contributed by atoms with Crippen molar-refractivity contribution in [3.8, 4) is 5.75 Å². The lowest BCUT2D eigenvalue weighted by Crippen LogP contribution is -1.94. The summed E-state index contributed by atoms with van der Waals surface area (Å²) >= 11 is 2.79. The Hall–Kier alpha value is -1.20. The summed E-state index contributed by atoms with van der Waals surface area (Å²) in [5.41, 5.74) is 1.38. The fourth-order valence-corrected chi connectivity index (χ4v) is 3.35. The molecule has 1 heterocycles. The van der Waals surface area contributed by atoms with E-state index in [1.54, 1.807) is 17.8 Å². The van der Waals surface area contributed by atoms with E-state index in [0.29, 0.717) is 12.3 Å². The van der Waals surface area contributed by atoms with Gasteiger partial charge in [-0.15, -0.1) is 0 Å². The quantitative estimate of drug-likeness (QED) is 0.791. The smallest absolute Gasteiger partial charge is 0.244 e. The minimum absolute atomic E-state index is 0.00208. The second-order valence-corrected chi connectivity index (χ2v) is 6.17. The Balaban J connectivity index is 2.28. The average molecular weight is 293 g/mol. The monoisotopic (exact) mass is 293 g/mol. The Morgan fingerprint density at radius 3 is 2.89 bits per heavy atom. The number of aliphatic imine (C=N–C) groups is 1. The maximum Gasteiger partial charge on any atom is 0.244 e. The van der Waals surface area contributed by atoms with E-state index >= 15 is 0 Å². The topological polar surface area (TPSA) is 38.7 Å². The molecule has 1 aliphatic heterocycles. The Morgan fingerprint density at radius 2 is 2.16 bits per heavy atom. The minimum Gasteiger partial charge on any atom is -0.493 e. The molecule has 0 spiro atoms. The molecule has 0 saturated carbocycles. The summed E-state index contributed by atoms with van der Waals surface area (Å²) in [6, 6.07) is 7.66. The zero-order valence-corrected chi connectivity index (χ0v) is 12.5. The van der Waals surface area contributed by atoms with Gasteiger partial charge >= 0.3 is 0 Å². The molecule has 5 heteroatoms. The molecule has 0 aliphatic carbocycles. The first-order valence-electron chi connectivity index (χ1n) is 6.11. The van der Waals surface area contributed by atoms with Gasteiger partial charge in [-0.25, -0.2) is 4.99 Å². The highest BCUT2D eigenvalue weighted by atomic mass is 32.2. The number of hydrogen-bond acceptors (Lipinski definition) is 5. The van der Waals surface area contributed by atoms with Crippen molar-refractivity contribution in [3.05, 3.63) is 35.5 Å². The van der Waals surface area contributed by atoms with E-state index in [-0.39, 0.29) is 5.12 Å². The highest BCUT2D eigenvalue weighted by Gasteiger charge is 2.22. The van der Waals surface area contributed by atoms with Gasteiger partial charge in [-0.05, 0) is 36.6 Å². The molecule has 0 atom stereocenters. The summed E-state index contributed by atoms with van der Waals surface area (Å²) in [7, 11) is 0. The van der Waals surface area contributed by atoms with Gasteiger partial charge in [-0.3, -0.25) is 4.79 Å². The molecule has 0 fully saturated rings. The Morgan fingerprint density at radius 1 is 1.37 bits per heavy atom. The van der Waals surface area contributed by atoms with Crippen LogP contribution in [0.3, 0.4) is 0 Å². The maximum absolute atomic E-state index is 11.9. The summed E-state index contributed by atoms with van der Waals surface area (Å²) in [5.74, 6) is 1.70. The number of carbonyl (C=O) groups excluding carboxylic acids is 1. The van der Waals surface area contributed by atoms with Gasteiger partial charge in [0, 0.05) is 5.56 Å². The van der Waals surface area contributed by atoms with E-state index in [9.17, 15) is 4.79 Å². The summed E-state index contributed by atoms with van der Waals surface area (Å²) in [5, 5.41) is 0.00208. The largest absolute Gasteiger partial charge is 0.493 e. The lowest BCUT2D eigenvalue weighted by molar-refractivity contribution is -0.107. The molecule has 2 rings (SSSR count). The fourth-order valence-electron chi connectivity index (χ4n) is 1.61. The van der Waals surface area contributed by atoms with Gasteiger partial charge in [0.1, 0.15) is 15.8 Å². The van der Waals surface area contributed by atoms with Crippen molar-refractivity contribution >= 4 is 39.1 Å². The molecule has 0 saturated heterocycles. The van der Waals surface area contributed by atoms with Crippen LogP contribution >= 0.6 is 23.5 Å². The van der Waals surface area contributed by atoms with Crippen molar-refractivity contribution in [2.45, 2.75) is 13.8 Å². The van der Waals surface area contributed by atoms with Crippen LogP contribution in [0.4, 0.5) is 0 Å². The van der Waals surface area contributed by atoms with Crippen LogP contribution in [0, 0.1) is 0 Å². The summed E-state index contributed by atoms with van der Waals surface area (Å²) < 4.78 is 6.37. The summed E-state index contributed by atoms with van der Waals surface area (Å²) in [4.78, 5) is 16.2. The molecule has 1 aromatic rings. The van der Waals surface area contributed by atoms with Gasteiger partial charge in [-0.2, -0.15) is 0 Å². The lowest BCUT2D eigenvalue weighted by atomic mass is 10.1. The summed E-state index contributed by atoms with van der Waals surface area (Å²) in [6.45, 7) is 4.59. The molecule has 19 heavy (non-hydrogen) atoms. The molecule has 1 aliphatic rings. The van der Waals surface area contributed by atoms with Gasteiger partial charge in [-0.1, -0.05) is 36.9 Å². The van der Waals surface area contributed by atoms with E-state index in [2.05, 4.69) is 4.99 Å². The number of ether oxygens (including phenoxy) is 1. The van der Waals surface area contributed by atoms with Crippen LogP contribution in [0.5, 0.6) is 5.75 Å². The Kier molecular flexibility index (Phi) is 5.10. The molecule has 100 valence electrons. The predicted molar refractivity (Wildman–Crippen MR) is 83.8 cm³/mol. The predicted octanol–water partition coefficient (Wildman–Crippen LogP) is 3.81. The van der Waals surface area contributed by atoms with Crippen LogP contribution in [-0.4, -0.2) is 21.9 Å². The first-order valence-corrected chi connectivity index (χ1v) is 7.92. The van der Waals surface area contributed by atoms with Crippen molar-refractivity contribution < 1.29 is 9.53 Å². The molecule has 1 aromatic carbocycles. The van der Waals surface area contributed by atoms with E-state index < -0.39 is 0 Å². The van der Waals surface area contributed by atoms with E-state index in [1.807, 2.05) is 38.1 Å². The number of benzene rings is 1. The standard InChI is InChI=1S/C14H15NO2S2/c1-3-17-12-8-6-5-7-10(12)9-11-13(16)19-14(15-11)18-4-2/h5-9H,3-4H2,1-2H3. The number of para-hydroxylation sites is 1.